The fraction of sp³-hybridized carbons (Fsp3) is 0.562. The molecule has 0 unspecified atom stereocenters. The first kappa shape index (κ1) is 15.2. The summed E-state index contributed by atoms with van der Waals surface area (Å²) in [5, 5.41) is 12.5. The Morgan fingerprint density at radius 2 is 1.92 bits per heavy atom. The lowest BCUT2D eigenvalue weighted by atomic mass is 10.3. The van der Waals surface area contributed by atoms with E-state index in [1.165, 1.54) is 12.8 Å². The molecule has 1 N–H and O–H groups in total. The van der Waals surface area contributed by atoms with Gasteiger partial charge in [-0.05, 0) is 32.8 Å². The van der Waals surface area contributed by atoms with Gasteiger partial charge in [0.2, 0.25) is 0 Å². The van der Waals surface area contributed by atoms with Crippen molar-refractivity contribution >= 4 is 5.78 Å². The maximum atomic E-state index is 4.62. The summed E-state index contributed by atoms with van der Waals surface area (Å²) in [5.41, 5.74) is 2.00. The molecule has 0 spiro atoms. The zero-order valence-corrected chi connectivity index (χ0v) is 14.3. The Labute approximate surface area is 140 Å². The Bertz CT molecular complexity index is 874. The van der Waals surface area contributed by atoms with Crippen molar-refractivity contribution in [1.82, 2.24) is 39.7 Å². The van der Waals surface area contributed by atoms with E-state index in [0.29, 0.717) is 11.8 Å². The quantitative estimate of drug-likeness (QED) is 0.724. The zero-order valence-electron chi connectivity index (χ0n) is 14.3. The lowest BCUT2D eigenvalue weighted by Gasteiger charge is -1.97. The highest BCUT2D eigenvalue weighted by molar-refractivity contribution is 5.31. The van der Waals surface area contributed by atoms with Crippen molar-refractivity contribution in [3.8, 4) is 0 Å². The first-order valence-corrected chi connectivity index (χ1v) is 8.40. The molecule has 0 saturated heterocycles. The molecule has 8 heteroatoms. The van der Waals surface area contributed by atoms with Crippen molar-refractivity contribution in [3.63, 3.8) is 0 Å². The first-order valence-electron chi connectivity index (χ1n) is 8.40. The normalized spacial score (nSPS) is 14.6. The lowest BCUT2D eigenvalue weighted by Crippen LogP contribution is -2.16. The van der Waals surface area contributed by atoms with Crippen molar-refractivity contribution in [2.24, 2.45) is 7.05 Å². The van der Waals surface area contributed by atoms with Crippen molar-refractivity contribution in [1.29, 1.82) is 0 Å². The average Bonchev–Trinajstić information content (AvgIpc) is 3.16. The molecule has 24 heavy (non-hydrogen) atoms. The smallest absolute Gasteiger partial charge is 0.252 e. The molecular weight excluding hydrogens is 304 g/mol. The van der Waals surface area contributed by atoms with Gasteiger partial charge in [0, 0.05) is 37.3 Å². The molecule has 1 fully saturated rings. The van der Waals surface area contributed by atoms with Gasteiger partial charge in [-0.3, -0.25) is 4.68 Å². The third-order valence-electron chi connectivity index (χ3n) is 4.26. The van der Waals surface area contributed by atoms with E-state index in [0.717, 1.165) is 48.2 Å². The fourth-order valence-electron chi connectivity index (χ4n) is 2.83. The third-order valence-corrected chi connectivity index (χ3v) is 4.26. The first-order chi connectivity index (χ1) is 11.6. The summed E-state index contributed by atoms with van der Waals surface area (Å²) >= 11 is 0. The Hall–Kier alpha value is -2.35. The van der Waals surface area contributed by atoms with E-state index in [1.807, 2.05) is 31.6 Å². The molecular formula is C16H22N8. The summed E-state index contributed by atoms with van der Waals surface area (Å²) in [4.78, 5) is 13.6. The number of fused-ring (bicyclic) bond motifs is 1. The topological polar surface area (TPSA) is 85.8 Å². The summed E-state index contributed by atoms with van der Waals surface area (Å²) < 4.78 is 3.65. The number of aryl methyl sites for hydroxylation is 5. The van der Waals surface area contributed by atoms with E-state index < -0.39 is 0 Å². The lowest BCUT2D eigenvalue weighted by molar-refractivity contribution is 0.640. The molecule has 3 aromatic rings. The number of rotatable bonds is 6. The van der Waals surface area contributed by atoms with Crippen LogP contribution in [0.1, 0.15) is 41.7 Å². The maximum Gasteiger partial charge on any atom is 0.252 e. The van der Waals surface area contributed by atoms with Gasteiger partial charge in [-0.15, -0.1) is 5.10 Å². The molecule has 1 aliphatic carbocycles. The summed E-state index contributed by atoms with van der Waals surface area (Å²) in [6.07, 6.45) is 4.03. The second-order valence-corrected chi connectivity index (χ2v) is 6.50. The Balaban J connectivity index is 1.45. The molecule has 1 saturated carbocycles. The molecule has 0 radical (unpaired) electrons. The minimum atomic E-state index is 0.662. The molecule has 0 aromatic carbocycles. The van der Waals surface area contributed by atoms with Crippen molar-refractivity contribution in [2.75, 3.05) is 0 Å². The van der Waals surface area contributed by atoms with Gasteiger partial charge in [0.25, 0.3) is 5.78 Å². The zero-order chi connectivity index (χ0) is 16.7. The van der Waals surface area contributed by atoms with Crippen LogP contribution in [0.3, 0.4) is 0 Å². The molecule has 0 aliphatic heterocycles. The van der Waals surface area contributed by atoms with E-state index >= 15 is 0 Å². The highest BCUT2D eigenvalue weighted by atomic mass is 15.3. The van der Waals surface area contributed by atoms with Gasteiger partial charge in [0.05, 0.1) is 6.54 Å². The Morgan fingerprint density at radius 3 is 2.71 bits per heavy atom. The van der Waals surface area contributed by atoms with Crippen LogP contribution in [0.25, 0.3) is 5.78 Å². The van der Waals surface area contributed by atoms with Crippen LogP contribution in [0.4, 0.5) is 0 Å². The van der Waals surface area contributed by atoms with Gasteiger partial charge < -0.3 is 5.32 Å². The number of hydrogen-bond donors (Lipinski definition) is 1. The van der Waals surface area contributed by atoms with Gasteiger partial charge in [0.15, 0.2) is 11.6 Å². The van der Waals surface area contributed by atoms with Crippen molar-refractivity contribution in [3.05, 3.63) is 34.9 Å². The summed E-state index contributed by atoms with van der Waals surface area (Å²) in [6.45, 7) is 4.73. The van der Waals surface area contributed by atoms with Crippen LogP contribution in [0.15, 0.2) is 6.07 Å². The van der Waals surface area contributed by atoms with E-state index in [9.17, 15) is 0 Å². The predicted molar refractivity (Wildman–Crippen MR) is 88.5 cm³/mol. The molecule has 3 heterocycles. The molecule has 0 bridgehead atoms. The monoisotopic (exact) mass is 326 g/mol. The van der Waals surface area contributed by atoms with Crippen LogP contribution >= 0.6 is 0 Å². The second kappa shape index (κ2) is 5.94. The van der Waals surface area contributed by atoms with Crippen LogP contribution in [0.5, 0.6) is 0 Å². The van der Waals surface area contributed by atoms with E-state index in [4.69, 9.17) is 0 Å². The van der Waals surface area contributed by atoms with Crippen LogP contribution in [0, 0.1) is 13.8 Å². The summed E-state index contributed by atoms with van der Waals surface area (Å²) in [5.74, 6) is 3.27. The molecule has 8 nitrogen and oxygen atoms in total. The molecule has 0 amide bonds. The van der Waals surface area contributed by atoms with E-state index in [2.05, 4.69) is 30.5 Å². The van der Waals surface area contributed by atoms with Gasteiger partial charge in [-0.25, -0.2) is 14.5 Å². The standard InChI is InChI=1S/C16H22N8/c1-10-8-11(2)24-16(18-10)20-13(22-24)6-7-15-19-14(21-23(15)3)9-17-12-4-5-12/h8,12,17H,4-7,9H2,1-3H3. The van der Waals surface area contributed by atoms with Gasteiger partial charge in [-0.2, -0.15) is 10.1 Å². The summed E-state index contributed by atoms with van der Waals surface area (Å²) in [6, 6.07) is 2.67. The van der Waals surface area contributed by atoms with Crippen molar-refractivity contribution in [2.45, 2.75) is 52.1 Å². The highest BCUT2D eigenvalue weighted by Gasteiger charge is 2.21. The molecule has 4 rings (SSSR count). The van der Waals surface area contributed by atoms with Crippen LogP contribution in [-0.2, 0) is 26.4 Å². The van der Waals surface area contributed by atoms with E-state index in [-0.39, 0.29) is 0 Å². The Morgan fingerprint density at radius 1 is 1.08 bits per heavy atom. The second-order valence-electron chi connectivity index (χ2n) is 6.50. The number of nitrogens with one attached hydrogen (secondary N) is 1. The average molecular weight is 326 g/mol. The maximum absolute atomic E-state index is 4.62. The van der Waals surface area contributed by atoms with Crippen LogP contribution < -0.4 is 5.32 Å². The van der Waals surface area contributed by atoms with Crippen LogP contribution in [0.2, 0.25) is 0 Å². The SMILES string of the molecule is Cc1cc(C)n2nc(CCc3nc(CNC4CC4)nn3C)nc2n1. The highest BCUT2D eigenvalue weighted by Crippen LogP contribution is 2.18. The fourth-order valence-corrected chi connectivity index (χ4v) is 2.83. The van der Waals surface area contributed by atoms with Crippen molar-refractivity contribution < 1.29 is 0 Å². The molecule has 1 aliphatic rings. The molecule has 3 aromatic heterocycles. The van der Waals surface area contributed by atoms with Gasteiger partial charge in [0.1, 0.15) is 5.82 Å². The van der Waals surface area contributed by atoms with E-state index in [1.54, 1.807) is 4.52 Å². The summed E-state index contributed by atoms with van der Waals surface area (Å²) in [7, 11) is 1.94. The minimum Gasteiger partial charge on any atom is -0.307 e. The minimum absolute atomic E-state index is 0.662. The van der Waals surface area contributed by atoms with Gasteiger partial charge in [-0.1, -0.05) is 0 Å². The molecule has 126 valence electrons. The molecule has 0 atom stereocenters. The third kappa shape index (κ3) is 3.14. The number of aromatic nitrogens is 7. The number of nitrogens with zero attached hydrogens (tertiary/aromatic N) is 7. The van der Waals surface area contributed by atoms with Crippen LogP contribution in [-0.4, -0.2) is 40.4 Å². The Kier molecular flexibility index (Phi) is 3.76. The largest absolute Gasteiger partial charge is 0.307 e. The number of hydrogen-bond acceptors (Lipinski definition) is 6. The predicted octanol–water partition coefficient (Wildman–Crippen LogP) is 0.907. The van der Waals surface area contributed by atoms with Gasteiger partial charge >= 0.3 is 0 Å².